The van der Waals surface area contributed by atoms with Crippen molar-refractivity contribution in [3.05, 3.63) is 137 Å². The lowest BCUT2D eigenvalue weighted by Gasteiger charge is -2.55. The second-order valence-corrected chi connectivity index (χ2v) is 18.3. The second kappa shape index (κ2) is 17.6. The number of hydrogen-bond acceptors (Lipinski definition) is 8. The van der Waals surface area contributed by atoms with Crippen LogP contribution in [0.1, 0.15) is 101 Å². The summed E-state index contributed by atoms with van der Waals surface area (Å²) in [5.74, 6) is -0.772. The van der Waals surface area contributed by atoms with Gasteiger partial charge in [-0.05, 0) is 83.3 Å². The topological polar surface area (TPSA) is 71.1 Å². The molecule has 1 heterocycles. The van der Waals surface area contributed by atoms with E-state index in [1.807, 2.05) is 60.7 Å². The van der Waals surface area contributed by atoms with Gasteiger partial charge in [-0.25, -0.2) is 4.79 Å². The molecule has 6 nitrogen and oxygen atoms in total. The Morgan fingerprint density at radius 3 is 2.00 bits per heavy atom. The number of methoxy groups -OCH3 is 1. The molecule has 1 fully saturated rings. The predicted molar refractivity (Wildman–Crippen MR) is 229 cm³/mol. The van der Waals surface area contributed by atoms with Crippen LogP contribution in [0.3, 0.4) is 0 Å². The van der Waals surface area contributed by atoms with Crippen molar-refractivity contribution in [3.8, 4) is 0 Å². The third-order valence-electron chi connectivity index (χ3n) is 12.5. The van der Waals surface area contributed by atoms with Crippen LogP contribution in [0.5, 0.6) is 0 Å². The fraction of sp³-hybridized carbons (Fsp3) is 0.413. The van der Waals surface area contributed by atoms with Crippen LogP contribution in [0.4, 0.5) is 0 Å². The molecular weight excluding hydrogens is 723 g/mol. The third-order valence-corrected chi connectivity index (χ3v) is 14.3. The van der Waals surface area contributed by atoms with Crippen LogP contribution in [0, 0.1) is 16.7 Å². The van der Waals surface area contributed by atoms with Gasteiger partial charge in [-0.2, -0.15) is 0 Å². The first-order chi connectivity index (χ1) is 26.1. The van der Waals surface area contributed by atoms with Gasteiger partial charge in [-0.1, -0.05) is 151 Å². The van der Waals surface area contributed by atoms with E-state index >= 15 is 0 Å². The van der Waals surface area contributed by atoms with Crippen LogP contribution in [0.2, 0.25) is 0 Å². The van der Waals surface area contributed by atoms with Crippen LogP contribution in [-0.2, 0) is 40.3 Å². The Labute approximate surface area is 338 Å². The molecule has 1 aliphatic rings. The van der Waals surface area contributed by atoms with Crippen molar-refractivity contribution in [3.63, 3.8) is 0 Å². The summed E-state index contributed by atoms with van der Waals surface area (Å²) in [5.41, 5.74) is 3.59. The normalized spacial score (nSPS) is 17.5. The summed E-state index contributed by atoms with van der Waals surface area (Å²) < 4.78 is 23.3. The number of ether oxygens (including phenoxy) is 2. The highest BCUT2D eigenvalue weighted by molar-refractivity contribution is 8.24. The standard InChI is InChI=1S/C46H55BO6S2/c1-10-39-31-52-47(53-39)38-27-23-34(24-28-38)40(48)51-30-33-21-25-37(26-22-33)45(7,55-41(54)35-17-13-11-14-18-35)29-32(2)46(8,42(49)50-9)44(5,6)43(3,4)36-19-15-12-16-20-36/h11-28,32,39H,10,29-31H2,1-9H3. The number of carbonyl (C=O) groups excluding carboxylic acids is 2. The van der Waals surface area contributed by atoms with E-state index < -0.39 is 28.7 Å². The largest absolute Gasteiger partial charge is 0.494 e. The molecule has 0 amide bonds. The summed E-state index contributed by atoms with van der Waals surface area (Å²) in [6, 6.07) is 35.8. The van der Waals surface area contributed by atoms with Crippen molar-refractivity contribution in [2.24, 2.45) is 16.7 Å². The van der Waals surface area contributed by atoms with Gasteiger partial charge in [0.2, 0.25) is 0 Å². The quantitative estimate of drug-likeness (QED) is 0.0672. The Balaban J connectivity index is 1.38. The molecule has 1 aliphatic heterocycles. The molecule has 4 aromatic carbocycles. The molecule has 4 unspecified atom stereocenters. The second-order valence-electron chi connectivity index (χ2n) is 16.1. The zero-order valence-electron chi connectivity index (χ0n) is 33.7. The summed E-state index contributed by atoms with van der Waals surface area (Å²) in [4.78, 5) is 27.2. The van der Waals surface area contributed by atoms with Crippen LogP contribution < -0.4 is 5.46 Å². The highest BCUT2D eigenvalue weighted by Gasteiger charge is 2.59. The number of esters is 2. The molecule has 0 aromatic heterocycles. The molecule has 4 aromatic rings. The van der Waals surface area contributed by atoms with Gasteiger partial charge in [-0.3, -0.25) is 4.79 Å². The predicted octanol–water partition coefficient (Wildman–Crippen LogP) is 10.1. The molecule has 55 heavy (non-hydrogen) atoms. The number of thioether (sulfide) groups is 1. The molecule has 0 radical (unpaired) electrons. The monoisotopic (exact) mass is 778 g/mol. The Morgan fingerprint density at radius 1 is 0.836 bits per heavy atom. The van der Waals surface area contributed by atoms with Crippen molar-refractivity contribution in [2.75, 3.05) is 13.7 Å². The number of rotatable bonds is 15. The number of thiocarbonyl (C=S) groups is 1. The van der Waals surface area contributed by atoms with Gasteiger partial charge in [0.1, 0.15) is 6.61 Å². The Kier molecular flexibility index (Phi) is 13.6. The smallest absolute Gasteiger partial charge is 0.469 e. The number of hydrogen-bond donors (Lipinski definition) is 0. The average Bonchev–Trinajstić information content (AvgIpc) is 3.69. The van der Waals surface area contributed by atoms with E-state index in [9.17, 15) is 9.59 Å². The molecule has 0 spiro atoms. The van der Waals surface area contributed by atoms with Crippen LogP contribution in [-0.4, -0.2) is 43.1 Å². The SMILES string of the molecule is CCC1COB(c2ccc(C(=O)OCc3ccc(C(C)(CC(C)C(C)(C(=O)OC)C(C)(C)C(C)(C)c4ccccc4)SC(=S)c4ccccc4)cc3)cc2)O1. The minimum Gasteiger partial charge on any atom is -0.469 e. The fourth-order valence-electron chi connectivity index (χ4n) is 7.79. The first-order valence-electron chi connectivity index (χ1n) is 19.1. The van der Waals surface area contributed by atoms with Crippen LogP contribution in [0.15, 0.2) is 109 Å². The molecule has 4 atom stereocenters. The highest BCUT2D eigenvalue weighted by Crippen LogP contribution is 2.59. The van der Waals surface area contributed by atoms with Gasteiger partial charge in [0, 0.05) is 4.75 Å². The summed E-state index contributed by atoms with van der Waals surface area (Å²) in [7, 11) is 1.07. The van der Waals surface area contributed by atoms with Crippen molar-refractivity contribution < 1.29 is 28.4 Å². The highest BCUT2D eigenvalue weighted by atomic mass is 32.2. The van der Waals surface area contributed by atoms with E-state index in [1.165, 1.54) is 7.11 Å². The molecule has 0 saturated carbocycles. The first-order valence-corrected chi connectivity index (χ1v) is 20.4. The lowest BCUT2D eigenvalue weighted by Crippen LogP contribution is -2.56. The molecule has 9 heteroatoms. The van der Waals surface area contributed by atoms with E-state index in [2.05, 4.69) is 91.8 Å². The van der Waals surface area contributed by atoms with Gasteiger partial charge in [0.25, 0.3) is 0 Å². The van der Waals surface area contributed by atoms with E-state index in [0.29, 0.717) is 18.6 Å². The summed E-state index contributed by atoms with van der Waals surface area (Å²) >= 11 is 7.72. The van der Waals surface area contributed by atoms with Crippen LogP contribution >= 0.6 is 24.0 Å². The minimum atomic E-state index is -0.890. The first kappa shape index (κ1) is 42.4. The Morgan fingerprint density at radius 2 is 1.44 bits per heavy atom. The zero-order chi connectivity index (χ0) is 40.0. The van der Waals surface area contributed by atoms with E-state index in [0.717, 1.165) is 38.3 Å². The summed E-state index contributed by atoms with van der Waals surface area (Å²) in [5, 5.41) is 0. The van der Waals surface area contributed by atoms with Gasteiger partial charge < -0.3 is 18.8 Å². The molecule has 5 rings (SSSR count). The summed E-state index contributed by atoms with van der Waals surface area (Å²) in [6.45, 7) is 18.0. The molecule has 0 N–H and O–H groups in total. The zero-order valence-corrected chi connectivity index (χ0v) is 35.4. The molecule has 1 saturated heterocycles. The van der Waals surface area contributed by atoms with Crippen molar-refractivity contribution in [1.29, 1.82) is 0 Å². The molecule has 0 aliphatic carbocycles. The third kappa shape index (κ3) is 8.96. The van der Waals surface area contributed by atoms with Crippen molar-refractivity contribution in [1.82, 2.24) is 0 Å². The maximum Gasteiger partial charge on any atom is 0.494 e. The number of carbonyl (C=O) groups is 2. The number of benzene rings is 4. The minimum absolute atomic E-state index is 0.0888. The lowest BCUT2D eigenvalue weighted by molar-refractivity contribution is -0.170. The molecular formula is C46H55BO6S2. The molecule has 0 bridgehead atoms. The lowest BCUT2D eigenvalue weighted by atomic mass is 9.48. The van der Waals surface area contributed by atoms with Gasteiger partial charge in [-0.15, -0.1) is 11.8 Å². The Hall–Kier alpha value is -3.76. The molecule has 290 valence electrons. The van der Waals surface area contributed by atoms with E-state index in [1.54, 1.807) is 23.9 Å². The van der Waals surface area contributed by atoms with Gasteiger partial charge >= 0.3 is 19.1 Å². The maximum atomic E-state index is 14.1. The van der Waals surface area contributed by atoms with E-state index in [-0.39, 0.29) is 30.0 Å². The van der Waals surface area contributed by atoms with E-state index in [4.69, 9.17) is 31.0 Å². The maximum absolute atomic E-state index is 14.1. The van der Waals surface area contributed by atoms with Crippen molar-refractivity contribution in [2.45, 2.75) is 91.1 Å². The van der Waals surface area contributed by atoms with Gasteiger partial charge in [0.15, 0.2) is 0 Å². The Bertz CT molecular complexity index is 1920. The average molecular weight is 779 g/mol. The van der Waals surface area contributed by atoms with Gasteiger partial charge in [0.05, 0.1) is 35.0 Å². The summed E-state index contributed by atoms with van der Waals surface area (Å²) in [6.07, 6.45) is 1.61. The van der Waals surface area contributed by atoms with Crippen molar-refractivity contribution >= 4 is 52.7 Å². The van der Waals surface area contributed by atoms with Crippen LogP contribution in [0.25, 0.3) is 0 Å². The fourth-order valence-corrected chi connectivity index (χ4v) is 9.73.